The van der Waals surface area contributed by atoms with Crippen LogP contribution in [0, 0.1) is 0 Å². The second kappa shape index (κ2) is 7.14. The predicted molar refractivity (Wildman–Crippen MR) is 72.6 cm³/mol. The Balaban J connectivity index is 1.77. The van der Waals surface area contributed by atoms with Crippen LogP contribution in [0.2, 0.25) is 0 Å². The van der Waals surface area contributed by atoms with Crippen LogP contribution in [0.3, 0.4) is 0 Å². The van der Waals surface area contributed by atoms with Crippen LogP contribution < -0.4 is 5.32 Å². The molecule has 1 aromatic carbocycles. The standard InChI is InChI=1S/C15H21NO3/c17-14-10-6-2-5-9-13(14)16-15(18)19-11-12-7-3-1-4-8-12/h1,3-4,7-8,13-14,17H,2,5-6,9-11H2,(H,16,18)/t13-,14-/m1/s1. The number of carbonyl (C=O) groups is 1. The molecule has 19 heavy (non-hydrogen) atoms. The van der Waals surface area contributed by atoms with Gasteiger partial charge in [-0.3, -0.25) is 0 Å². The van der Waals surface area contributed by atoms with Gasteiger partial charge in [-0.2, -0.15) is 0 Å². The maximum Gasteiger partial charge on any atom is 0.407 e. The number of rotatable bonds is 3. The Morgan fingerprint density at radius 3 is 2.74 bits per heavy atom. The highest BCUT2D eigenvalue weighted by Crippen LogP contribution is 2.18. The van der Waals surface area contributed by atoms with E-state index >= 15 is 0 Å². The maximum atomic E-state index is 11.7. The molecule has 4 nitrogen and oxygen atoms in total. The lowest BCUT2D eigenvalue weighted by molar-refractivity contribution is 0.0977. The van der Waals surface area contributed by atoms with Gasteiger partial charge in [0.1, 0.15) is 6.61 Å². The van der Waals surface area contributed by atoms with Crippen LogP contribution in [0.5, 0.6) is 0 Å². The highest BCUT2D eigenvalue weighted by molar-refractivity contribution is 5.67. The molecule has 0 aromatic heterocycles. The van der Waals surface area contributed by atoms with E-state index in [1.165, 1.54) is 0 Å². The monoisotopic (exact) mass is 263 g/mol. The van der Waals surface area contributed by atoms with E-state index in [-0.39, 0.29) is 12.6 Å². The van der Waals surface area contributed by atoms with Gasteiger partial charge in [0.05, 0.1) is 12.1 Å². The number of hydrogen-bond donors (Lipinski definition) is 2. The third-order valence-corrected chi connectivity index (χ3v) is 3.50. The van der Waals surface area contributed by atoms with Gasteiger partial charge in [0.15, 0.2) is 0 Å². The van der Waals surface area contributed by atoms with Crippen molar-refractivity contribution in [1.82, 2.24) is 5.32 Å². The summed E-state index contributed by atoms with van der Waals surface area (Å²) in [6.45, 7) is 0.259. The SMILES string of the molecule is O=C(N[C@@H]1CCCCC[C@H]1O)OCc1ccccc1. The van der Waals surface area contributed by atoms with Gasteiger partial charge in [-0.25, -0.2) is 4.79 Å². The van der Waals surface area contributed by atoms with E-state index in [1.54, 1.807) is 0 Å². The highest BCUT2D eigenvalue weighted by atomic mass is 16.5. The van der Waals surface area contributed by atoms with E-state index in [9.17, 15) is 9.90 Å². The van der Waals surface area contributed by atoms with Crippen LogP contribution in [0.15, 0.2) is 30.3 Å². The van der Waals surface area contributed by atoms with Gasteiger partial charge in [-0.15, -0.1) is 0 Å². The van der Waals surface area contributed by atoms with E-state index < -0.39 is 12.2 Å². The minimum absolute atomic E-state index is 0.175. The lowest BCUT2D eigenvalue weighted by Crippen LogP contribution is -2.42. The lowest BCUT2D eigenvalue weighted by atomic mass is 10.1. The Morgan fingerprint density at radius 2 is 1.95 bits per heavy atom. The molecule has 0 saturated heterocycles. The number of nitrogens with one attached hydrogen (secondary N) is 1. The molecule has 104 valence electrons. The topological polar surface area (TPSA) is 58.6 Å². The zero-order valence-corrected chi connectivity index (χ0v) is 11.0. The zero-order valence-electron chi connectivity index (χ0n) is 11.0. The van der Waals surface area contributed by atoms with Crippen LogP contribution in [0.1, 0.15) is 37.7 Å². The molecule has 1 aliphatic rings. The first-order valence-corrected chi connectivity index (χ1v) is 6.91. The maximum absolute atomic E-state index is 11.7. The van der Waals surface area contributed by atoms with Crippen molar-refractivity contribution in [3.05, 3.63) is 35.9 Å². The van der Waals surface area contributed by atoms with Crippen molar-refractivity contribution in [3.8, 4) is 0 Å². The number of aliphatic hydroxyl groups is 1. The second-order valence-electron chi connectivity index (χ2n) is 5.02. The van der Waals surface area contributed by atoms with Gasteiger partial charge >= 0.3 is 6.09 Å². The summed E-state index contributed by atoms with van der Waals surface area (Å²) < 4.78 is 5.16. The molecule has 1 aliphatic carbocycles. The Hall–Kier alpha value is -1.55. The Bertz CT molecular complexity index is 394. The van der Waals surface area contributed by atoms with E-state index in [0.717, 1.165) is 37.7 Å². The molecule has 2 N–H and O–H groups in total. The summed E-state index contributed by atoms with van der Waals surface area (Å²) in [5, 5.41) is 12.7. The molecule has 0 aliphatic heterocycles. The third kappa shape index (κ3) is 4.56. The lowest BCUT2D eigenvalue weighted by Gasteiger charge is -2.21. The molecule has 0 bridgehead atoms. The number of amides is 1. The quantitative estimate of drug-likeness (QED) is 0.824. The summed E-state index contributed by atoms with van der Waals surface area (Å²) >= 11 is 0. The van der Waals surface area contributed by atoms with Crippen molar-refractivity contribution < 1.29 is 14.6 Å². The average Bonchev–Trinajstić information content (AvgIpc) is 2.63. The Morgan fingerprint density at radius 1 is 1.21 bits per heavy atom. The first kappa shape index (κ1) is 13.9. The van der Waals surface area contributed by atoms with Gasteiger partial charge in [0.25, 0.3) is 0 Å². The van der Waals surface area contributed by atoms with Crippen molar-refractivity contribution in [2.75, 3.05) is 0 Å². The Labute approximate surface area is 113 Å². The van der Waals surface area contributed by atoms with Crippen molar-refractivity contribution in [3.63, 3.8) is 0 Å². The highest BCUT2D eigenvalue weighted by Gasteiger charge is 2.23. The summed E-state index contributed by atoms with van der Waals surface area (Å²) in [6, 6.07) is 9.38. The molecule has 1 aromatic rings. The first-order chi connectivity index (χ1) is 9.25. The summed E-state index contributed by atoms with van der Waals surface area (Å²) in [5.41, 5.74) is 0.957. The number of aliphatic hydroxyl groups excluding tert-OH is 1. The zero-order chi connectivity index (χ0) is 13.5. The third-order valence-electron chi connectivity index (χ3n) is 3.50. The summed E-state index contributed by atoms with van der Waals surface area (Å²) in [7, 11) is 0. The first-order valence-electron chi connectivity index (χ1n) is 6.91. The number of carbonyl (C=O) groups excluding carboxylic acids is 1. The van der Waals surface area contributed by atoms with Crippen molar-refractivity contribution >= 4 is 6.09 Å². The number of benzene rings is 1. The van der Waals surface area contributed by atoms with E-state index in [0.29, 0.717) is 0 Å². The molecule has 1 fully saturated rings. The van der Waals surface area contributed by atoms with Crippen LogP contribution in [0.4, 0.5) is 4.79 Å². The molecule has 0 heterocycles. The molecule has 2 rings (SSSR count). The molecule has 1 saturated carbocycles. The largest absolute Gasteiger partial charge is 0.445 e. The van der Waals surface area contributed by atoms with Gasteiger partial charge in [0.2, 0.25) is 0 Å². The fourth-order valence-corrected chi connectivity index (χ4v) is 2.37. The molecule has 2 atom stereocenters. The minimum Gasteiger partial charge on any atom is -0.445 e. The van der Waals surface area contributed by atoms with Gasteiger partial charge < -0.3 is 15.2 Å². The summed E-state index contributed by atoms with van der Waals surface area (Å²) in [6.07, 6.45) is 3.86. The number of alkyl carbamates (subject to hydrolysis) is 1. The van der Waals surface area contributed by atoms with E-state index in [4.69, 9.17) is 4.74 Å². The Kier molecular flexibility index (Phi) is 5.21. The number of ether oxygens (including phenoxy) is 1. The second-order valence-corrected chi connectivity index (χ2v) is 5.02. The van der Waals surface area contributed by atoms with Crippen molar-refractivity contribution in [1.29, 1.82) is 0 Å². The fourth-order valence-electron chi connectivity index (χ4n) is 2.37. The molecular formula is C15H21NO3. The molecular weight excluding hydrogens is 242 g/mol. The van der Waals surface area contributed by atoms with Crippen molar-refractivity contribution in [2.24, 2.45) is 0 Å². The smallest absolute Gasteiger partial charge is 0.407 e. The van der Waals surface area contributed by atoms with Gasteiger partial charge in [-0.05, 0) is 18.4 Å². The molecule has 0 spiro atoms. The summed E-state index contributed by atoms with van der Waals surface area (Å²) in [5.74, 6) is 0. The molecule has 0 radical (unpaired) electrons. The van der Waals surface area contributed by atoms with Crippen LogP contribution in [-0.4, -0.2) is 23.3 Å². The molecule has 0 unspecified atom stereocenters. The average molecular weight is 263 g/mol. The number of hydrogen-bond acceptors (Lipinski definition) is 3. The predicted octanol–water partition coefficient (Wildman–Crippen LogP) is 2.61. The van der Waals surface area contributed by atoms with Crippen LogP contribution in [0.25, 0.3) is 0 Å². The van der Waals surface area contributed by atoms with Gasteiger partial charge in [-0.1, -0.05) is 49.6 Å². The molecule has 1 amide bonds. The van der Waals surface area contributed by atoms with Crippen molar-refractivity contribution in [2.45, 2.75) is 50.9 Å². The van der Waals surface area contributed by atoms with E-state index in [2.05, 4.69) is 5.32 Å². The fraction of sp³-hybridized carbons (Fsp3) is 0.533. The van der Waals surface area contributed by atoms with Gasteiger partial charge in [0, 0.05) is 0 Å². The van der Waals surface area contributed by atoms with Crippen LogP contribution in [-0.2, 0) is 11.3 Å². The minimum atomic E-state index is -0.452. The van der Waals surface area contributed by atoms with Crippen LogP contribution >= 0.6 is 0 Å². The molecule has 4 heteroatoms. The summed E-state index contributed by atoms with van der Waals surface area (Å²) in [4.78, 5) is 11.7. The normalized spacial score (nSPS) is 23.4. The van der Waals surface area contributed by atoms with E-state index in [1.807, 2.05) is 30.3 Å².